The monoisotopic (exact) mass is 305 g/mol. The number of nitrogens with one attached hydrogen (secondary N) is 1. The summed E-state index contributed by atoms with van der Waals surface area (Å²) in [5.41, 5.74) is 4.32. The Kier molecular flexibility index (Phi) is 4.40. The molecule has 8 nitrogen and oxygen atoms in total. The lowest BCUT2D eigenvalue weighted by Crippen LogP contribution is -2.33. The zero-order valence-corrected chi connectivity index (χ0v) is 11.9. The Bertz CT molecular complexity index is 836. The number of benzene rings is 1. The van der Waals surface area contributed by atoms with Crippen LogP contribution >= 0.6 is 0 Å². The highest BCUT2D eigenvalue weighted by Gasteiger charge is 2.15. The maximum Gasteiger partial charge on any atom is 0.328 e. The van der Waals surface area contributed by atoms with Gasteiger partial charge < -0.3 is 10.5 Å². The fourth-order valence-electron chi connectivity index (χ4n) is 1.98. The molecule has 0 aliphatic heterocycles. The van der Waals surface area contributed by atoms with Crippen molar-refractivity contribution in [3.05, 3.63) is 45.1 Å². The molecule has 0 unspecified atom stereocenters. The van der Waals surface area contributed by atoms with Gasteiger partial charge in [-0.3, -0.25) is 23.9 Å². The first-order chi connectivity index (χ1) is 10.4. The second kappa shape index (κ2) is 6.25. The zero-order chi connectivity index (χ0) is 16.3. The van der Waals surface area contributed by atoms with Crippen LogP contribution in [0, 0.1) is 0 Å². The average Bonchev–Trinajstić information content (AvgIpc) is 2.46. The third kappa shape index (κ3) is 3.22. The Labute approximate surface area is 124 Å². The first-order valence-electron chi connectivity index (χ1n) is 6.61. The average molecular weight is 305 g/mol. The molecule has 2 aromatic rings. The van der Waals surface area contributed by atoms with E-state index in [0.29, 0.717) is 10.9 Å². The van der Waals surface area contributed by atoms with Crippen molar-refractivity contribution in [3.8, 4) is 0 Å². The maximum absolute atomic E-state index is 11.9. The third-order valence-corrected chi connectivity index (χ3v) is 3.15. The number of nitrogens with two attached hydrogens (primary N) is 1. The number of primary amides is 1. The number of carbonyl (C=O) groups excluding carboxylic acids is 2. The fourth-order valence-corrected chi connectivity index (χ4v) is 1.98. The number of amides is 1. The Morgan fingerprint density at radius 2 is 2.00 bits per heavy atom. The largest absolute Gasteiger partial charge is 0.453 e. The number of aromatic nitrogens is 2. The number of esters is 1. The van der Waals surface area contributed by atoms with Crippen LogP contribution < -0.4 is 17.0 Å². The van der Waals surface area contributed by atoms with Crippen LogP contribution in [0.4, 0.5) is 0 Å². The molecule has 1 aromatic heterocycles. The van der Waals surface area contributed by atoms with Gasteiger partial charge >= 0.3 is 11.7 Å². The molecule has 2 rings (SSSR count). The van der Waals surface area contributed by atoms with Gasteiger partial charge in [0.1, 0.15) is 0 Å². The number of para-hydroxylation sites is 1. The van der Waals surface area contributed by atoms with Gasteiger partial charge in [0.25, 0.3) is 11.5 Å². The molecule has 116 valence electrons. The molecule has 1 aromatic carbocycles. The topological polar surface area (TPSA) is 124 Å². The van der Waals surface area contributed by atoms with E-state index in [1.54, 1.807) is 24.3 Å². The highest BCUT2D eigenvalue weighted by Crippen LogP contribution is 2.07. The van der Waals surface area contributed by atoms with Crippen molar-refractivity contribution >= 4 is 22.8 Å². The summed E-state index contributed by atoms with van der Waals surface area (Å²) in [4.78, 5) is 48.2. The molecule has 0 spiro atoms. The minimum Gasteiger partial charge on any atom is -0.453 e. The van der Waals surface area contributed by atoms with E-state index < -0.39 is 29.2 Å². The van der Waals surface area contributed by atoms with E-state index >= 15 is 0 Å². The van der Waals surface area contributed by atoms with E-state index in [9.17, 15) is 19.2 Å². The van der Waals surface area contributed by atoms with Gasteiger partial charge in [0, 0.05) is 6.54 Å². The van der Waals surface area contributed by atoms with Crippen LogP contribution in [0.5, 0.6) is 0 Å². The van der Waals surface area contributed by atoms with E-state index in [0.717, 1.165) is 0 Å². The molecule has 22 heavy (non-hydrogen) atoms. The molecule has 8 heteroatoms. The van der Waals surface area contributed by atoms with Gasteiger partial charge in [0.05, 0.1) is 17.3 Å². The van der Waals surface area contributed by atoms with Gasteiger partial charge in [0.2, 0.25) is 0 Å². The molecule has 0 saturated carbocycles. The summed E-state index contributed by atoms with van der Waals surface area (Å²) in [6.07, 6.45) is -1.16. The van der Waals surface area contributed by atoms with Gasteiger partial charge in [-0.2, -0.15) is 0 Å². The first kappa shape index (κ1) is 15.5. The number of carbonyl (C=O) groups is 2. The van der Waals surface area contributed by atoms with Crippen molar-refractivity contribution < 1.29 is 14.3 Å². The van der Waals surface area contributed by atoms with Gasteiger partial charge in [0.15, 0.2) is 6.10 Å². The van der Waals surface area contributed by atoms with E-state index in [4.69, 9.17) is 10.5 Å². The number of hydrogen-bond acceptors (Lipinski definition) is 5. The summed E-state index contributed by atoms with van der Waals surface area (Å²) >= 11 is 0. The molecule has 0 fully saturated rings. The molecular formula is C14H15N3O5. The van der Waals surface area contributed by atoms with Crippen LogP contribution in [0.1, 0.15) is 13.3 Å². The molecule has 3 N–H and O–H groups in total. The normalized spacial score (nSPS) is 12.0. The second-order valence-corrected chi connectivity index (χ2v) is 4.71. The summed E-state index contributed by atoms with van der Waals surface area (Å²) < 4.78 is 6.08. The van der Waals surface area contributed by atoms with Crippen molar-refractivity contribution in [3.63, 3.8) is 0 Å². The molecule has 0 saturated heterocycles. The number of fused-ring (bicyclic) bond motifs is 1. The predicted molar refractivity (Wildman–Crippen MR) is 78.2 cm³/mol. The molecule has 1 amide bonds. The lowest BCUT2D eigenvalue weighted by molar-refractivity contribution is -0.153. The van der Waals surface area contributed by atoms with E-state index in [1.807, 2.05) is 0 Å². The Hall–Kier alpha value is -2.90. The summed E-state index contributed by atoms with van der Waals surface area (Å²) in [7, 11) is 0. The summed E-state index contributed by atoms with van der Waals surface area (Å²) in [5, 5.41) is 0.348. The molecule has 0 aliphatic rings. The predicted octanol–water partition coefficient (Wildman–Crippen LogP) is -0.503. The van der Waals surface area contributed by atoms with Crippen LogP contribution in [0.25, 0.3) is 10.9 Å². The standard InChI is InChI=1S/C14H15N3O5/c1-8(12(15)19)22-11(18)6-7-17-10-5-3-2-4-9(10)13(20)16-14(17)21/h2-5,8H,6-7H2,1H3,(H2,15,19)(H,16,20,21)/t8-/m1/s1. The lowest BCUT2D eigenvalue weighted by Gasteiger charge is -2.11. The Morgan fingerprint density at radius 3 is 2.68 bits per heavy atom. The van der Waals surface area contributed by atoms with E-state index in [-0.39, 0.29) is 13.0 Å². The molecule has 1 atom stereocenters. The van der Waals surface area contributed by atoms with Crippen LogP contribution in [-0.4, -0.2) is 27.5 Å². The molecule has 0 bridgehead atoms. The van der Waals surface area contributed by atoms with Crippen molar-refractivity contribution in [2.45, 2.75) is 26.0 Å². The molecule has 0 aliphatic carbocycles. The maximum atomic E-state index is 11.9. The van der Waals surface area contributed by atoms with Gasteiger partial charge in [-0.15, -0.1) is 0 Å². The Morgan fingerprint density at radius 1 is 1.32 bits per heavy atom. The van der Waals surface area contributed by atoms with Crippen LogP contribution in [0.15, 0.2) is 33.9 Å². The summed E-state index contributed by atoms with van der Waals surface area (Å²) in [5.74, 6) is -1.41. The van der Waals surface area contributed by atoms with Crippen LogP contribution in [-0.2, 0) is 20.9 Å². The summed E-state index contributed by atoms with van der Waals surface area (Å²) in [6, 6.07) is 6.56. The minimum absolute atomic E-state index is 0.0143. The number of hydrogen-bond donors (Lipinski definition) is 2. The van der Waals surface area contributed by atoms with Crippen LogP contribution in [0.3, 0.4) is 0 Å². The number of ether oxygens (including phenoxy) is 1. The van der Waals surface area contributed by atoms with Crippen molar-refractivity contribution in [2.75, 3.05) is 0 Å². The number of nitrogens with zero attached hydrogens (tertiary/aromatic N) is 1. The number of aromatic amines is 1. The van der Waals surface area contributed by atoms with Crippen molar-refractivity contribution in [2.24, 2.45) is 5.73 Å². The van der Waals surface area contributed by atoms with Crippen LogP contribution in [0.2, 0.25) is 0 Å². The van der Waals surface area contributed by atoms with E-state index in [1.165, 1.54) is 11.5 Å². The minimum atomic E-state index is -1.03. The number of rotatable bonds is 5. The molecular weight excluding hydrogens is 290 g/mol. The van der Waals surface area contributed by atoms with Gasteiger partial charge in [-0.25, -0.2) is 4.79 Å². The molecule has 0 radical (unpaired) electrons. The lowest BCUT2D eigenvalue weighted by atomic mass is 10.2. The highest BCUT2D eigenvalue weighted by molar-refractivity contribution is 5.82. The first-order valence-corrected chi connectivity index (χ1v) is 6.61. The fraction of sp³-hybridized carbons (Fsp3) is 0.286. The third-order valence-electron chi connectivity index (χ3n) is 3.15. The van der Waals surface area contributed by atoms with Gasteiger partial charge in [-0.1, -0.05) is 12.1 Å². The van der Waals surface area contributed by atoms with Crippen molar-refractivity contribution in [1.29, 1.82) is 0 Å². The van der Waals surface area contributed by atoms with Gasteiger partial charge in [-0.05, 0) is 19.1 Å². The highest BCUT2D eigenvalue weighted by atomic mass is 16.5. The number of aryl methyl sites for hydroxylation is 1. The zero-order valence-electron chi connectivity index (χ0n) is 11.9. The Balaban J connectivity index is 2.22. The second-order valence-electron chi connectivity index (χ2n) is 4.71. The smallest absolute Gasteiger partial charge is 0.328 e. The number of H-pyrrole nitrogens is 1. The van der Waals surface area contributed by atoms with E-state index in [2.05, 4.69) is 4.98 Å². The quantitative estimate of drug-likeness (QED) is 0.720. The summed E-state index contributed by atoms with van der Waals surface area (Å²) in [6.45, 7) is 1.38. The van der Waals surface area contributed by atoms with Crippen molar-refractivity contribution in [1.82, 2.24) is 9.55 Å². The molecule has 1 heterocycles. The SMILES string of the molecule is C[C@@H](OC(=O)CCn1c(=O)[nH]c(=O)c2ccccc21)C(N)=O.